The van der Waals surface area contributed by atoms with E-state index >= 15 is 0 Å². The summed E-state index contributed by atoms with van der Waals surface area (Å²) in [6, 6.07) is 14.2. The average molecular weight is 513 g/mol. The van der Waals surface area contributed by atoms with E-state index < -0.39 is 0 Å². The van der Waals surface area contributed by atoms with Crippen molar-refractivity contribution in [1.29, 1.82) is 0 Å². The van der Waals surface area contributed by atoms with Gasteiger partial charge in [0, 0.05) is 16.5 Å². The summed E-state index contributed by atoms with van der Waals surface area (Å²) in [5, 5.41) is 15.1. The number of aromatic nitrogens is 2. The summed E-state index contributed by atoms with van der Waals surface area (Å²) in [7, 11) is 0. The van der Waals surface area contributed by atoms with E-state index in [1.54, 1.807) is 30.3 Å². The van der Waals surface area contributed by atoms with Gasteiger partial charge in [0.2, 0.25) is 5.13 Å². The SMILES string of the molecule is O=C(NCCc1nnc(NC(=O)c2ccccc2I)s1)c1ccccc1Cl. The molecule has 0 fully saturated rings. The number of rotatable bonds is 6. The molecule has 0 bridgehead atoms. The lowest BCUT2D eigenvalue weighted by Gasteiger charge is -2.05. The fourth-order valence-electron chi connectivity index (χ4n) is 2.24. The van der Waals surface area contributed by atoms with E-state index in [1.807, 2.05) is 18.2 Å². The van der Waals surface area contributed by atoms with Crippen LogP contribution in [0.4, 0.5) is 5.13 Å². The molecule has 138 valence electrons. The highest BCUT2D eigenvalue weighted by Gasteiger charge is 2.13. The molecular formula is C18H14ClIN4O2S. The quantitative estimate of drug-likeness (QED) is 0.489. The van der Waals surface area contributed by atoms with E-state index in [9.17, 15) is 9.59 Å². The highest BCUT2D eigenvalue weighted by atomic mass is 127. The van der Waals surface area contributed by atoms with Gasteiger partial charge in [-0.2, -0.15) is 0 Å². The van der Waals surface area contributed by atoms with Crippen molar-refractivity contribution in [1.82, 2.24) is 15.5 Å². The van der Waals surface area contributed by atoms with Crippen molar-refractivity contribution in [3.8, 4) is 0 Å². The van der Waals surface area contributed by atoms with E-state index in [2.05, 4.69) is 43.4 Å². The molecule has 27 heavy (non-hydrogen) atoms. The largest absolute Gasteiger partial charge is 0.352 e. The Morgan fingerprint density at radius 1 is 1.00 bits per heavy atom. The maximum atomic E-state index is 12.3. The summed E-state index contributed by atoms with van der Waals surface area (Å²) in [6.45, 7) is 0.392. The van der Waals surface area contributed by atoms with Crippen LogP contribution < -0.4 is 10.6 Å². The summed E-state index contributed by atoms with van der Waals surface area (Å²) < 4.78 is 0.861. The number of hydrogen-bond donors (Lipinski definition) is 2. The number of carbonyl (C=O) groups is 2. The van der Waals surface area contributed by atoms with E-state index in [-0.39, 0.29) is 11.8 Å². The molecule has 0 aliphatic heterocycles. The number of hydrogen-bond acceptors (Lipinski definition) is 5. The molecule has 1 aromatic heterocycles. The van der Waals surface area contributed by atoms with Gasteiger partial charge in [0.05, 0.1) is 16.1 Å². The first-order chi connectivity index (χ1) is 13.0. The minimum atomic E-state index is -0.239. The van der Waals surface area contributed by atoms with Crippen LogP contribution in [0.5, 0.6) is 0 Å². The molecule has 0 aliphatic carbocycles. The van der Waals surface area contributed by atoms with E-state index in [1.165, 1.54) is 11.3 Å². The number of benzene rings is 2. The monoisotopic (exact) mass is 512 g/mol. The Labute approximate surface area is 178 Å². The van der Waals surface area contributed by atoms with Gasteiger partial charge in [-0.15, -0.1) is 10.2 Å². The predicted molar refractivity (Wildman–Crippen MR) is 115 cm³/mol. The van der Waals surface area contributed by atoms with Crippen LogP contribution in [0.1, 0.15) is 25.7 Å². The van der Waals surface area contributed by atoms with Gasteiger partial charge in [-0.3, -0.25) is 14.9 Å². The fourth-order valence-corrected chi connectivity index (χ4v) is 3.83. The van der Waals surface area contributed by atoms with Crippen molar-refractivity contribution in [2.75, 3.05) is 11.9 Å². The molecule has 0 saturated carbocycles. The topological polar surface area (TPSA) is 84.0 Å². The minimum absolute atomic E-state index is 0.227. The number of amides is 2. The molecule has 0 aliphatic rings. The third kappa shape index (κ3) is 5.24. The minimum Gasteiger partial charge on any atom is -0.352 e. The highest BCUT2D eigenvalue weighted by molar-refractivity contribution is 14.1. The lowest BCUT2D eigenvalue weighted by Crippen LogP contribution is -2.25. The van der Waals surface area contributed by atoms with Crippen molar-refractivity contribution in [3.05, 3.63) is 73.3 Å². The highest BCUT2D eigenvalue weighted by Crippen LogP contribution is 2.19. The van der Waals surface area contributed by atoms with Gasteiger partial charge in [0.15, 0.2) is 0 Å². The van der Waals surface area contributed by atoms with Gasteiger partial charge in [0.25, 0.3) is 11.8 Å². The summed E-state index contributed by atoms with van der Waals surface area (Å²) in [5.41, 5.74) is 1.02. The van der Waals surface area contributed by atoms with Crippen molar-refractivity contribution in [2.45, 2.75) is 6.42 Å². The van der Waals surface area contributed by atoms with Crippen LogP contribution in [-0.4, -0.2) is 28.6 Å². The van der Waals surface area contributed by atoms with E-state index in [4.69, 9.17) is 11.6 Å². The van der Waals surface area contributed by atoms with Gasteiger partial charge in [0.1, 0.15) is 5.01 Å². The first-order valence-corrected chi connectivity index (χ1v) is 10.2. The second-order valence-electron chi connectivity index (χ2n) is 5.42. The van der Waals surface area contributed by atoms with Crippen molar-refractivity contribution >= 4 is 62.5 Å². The molecule has 6 nitrogen and oxygen atoms in total. The molecule has 3 aromatic rings. The second kappa shape index (κ2) is 9.25. The van der Waals surface area contributed by atoms with Gasteiger partial charge >= 0.3 is 0 Å². The van der Waals surface area contributed by atoms with Gasteiger partial charge < -0.3 is 5.32 Å². The molecule has 2 N–H and O–H groups in total. The Morgan fingerprint density at radius 2 is 1.70 bits per heavy atom. The van der Waals surface area contributed by atoms with Crippen LogP contribution in [0.15, 0.2) is 48.5 Å². The Balaban J connectivity index is 1.53. The maximum Gasteiger partial charge on any atom is 0.258 e. The van der Waals surface area contributed by atoms with Crippen molar-refractivity contribution in [2.24, 2.45) is 0 Å². The van der Waals surface area contributed by atoms with Gasteiger partial charge in [-0.05, 0) is 46.9 Å². The lowest BCUT2D eigenvalue weighted by atomic mass is 10.2. The number of halogens is 2. The number of nitrogens with zero attached hydrogens (tertiary/aromatic N) is 2. The van der Waals surface area contributed by atoms with E-state index in [0.717, 1.165) is 3.57 Å². The molecule has 0 unspecified atom stereocenters. The normalized spacial score (nSPS) is 10.4. The average Bonchev–Trinajstić information content (AvgIpc) is 3.09. The van der Waals surface area contributed by atoms with Crippen LogP contribution in [-0.2, 0) is 6.42 Å². The maximum absolute atomic E-state index is 12.3. The third-order valence-corrected chi connectivity index (χ3v) is 5.72. The molecule has 9 heteroatoms. The van der Waals surface area contributed by atoms with Gasteiger partial charge in [-0.25, -0.2) is 0 Å². The Morgan fingerprint density at radius 3 is 2.44 bits per heavy atom. The third-order valence-electron chi connectivity index (χ3n) is 3.55. The Bertz CT molecular complexity index is 979. The predicted octanol–water partition coefficient (Wildman–Crippen LogP) is 4.02. The standard InChI is InChI=1S/C18H14ClIN4O2S/c19-13-7-3-1-5-11(13)16(25)21-10-9-15-23-24-18(27-15)22-17(26)12-6-2-4-8-14(12)20/h1-8H,9-10H2,(H,21,25)(H,22,24,26). The number of anilines is 1. The van der Waals surface area contributed by atoms with Crippen LogP contribution in [0.25, 0.3) is 0 Å². The molecular weight excluding hydrogens is 499 g/mol. The Kier molecular flexibility index (Phi) is 6.75. The van der Waals surface area contributed by atoms with Gasteiger partial charge in [-0.1, -0.05) is 47.2 Å². The summed E-state index contributed by atoms with van der Waals surface area (Å²) in [5.74, 6) is -0.466. The fraction of sp³-hybridized carbons (Fsp3) is 0.111. The molecule has 0 saturated heterocycles. The lowest BCUT2D eigenvalue weighted by molar-refractivity contribution is 0.0953. The first kappa shape index (κ1) is 19.7. The molecule has 0 spiro atoms. The second-order valence-corrected chi connectivity index (χ2v) is 8.05. The molecule has 2 amide bonds. The molecule has 2 aromatic carbocycles. The van der Waals surface area contributed by atoms with Crippen molar-refractivity contribution in [3.63, 3.8) is 0 Å². The van der Waals surface area contributed by atoms with Crippen LogP contribution >= 0.6 is 45.5 Å². The zero-order chi connectivity index (χ0) is 19.2. The summed E-state index contributed by atoms with van der Waals surface area (Å²) >= 11 is 9.40. The molecule has 3 rings (SSSR count). The zero-order valence-electron chi connectivity index (χ0n) is 13.9. The Hall–Kier alpha value is -2.04. The summed E-state index contributed by atoms with van der Waals surface area (Å²) in [6.07, 6.45) is 0.507. The molecule has 1 heterocycles. The van der Waals surface area contributed by atoms with Crippen LogP contribution in [0.2, 0.25) is 5.02 Å². The van der Waals surface area contributed by atoms with Crippen LogP contribution in [0, 0.1) is 3.57 Å². The smallest absolute Gasteiger partial charge is 0.258 e. The first-order valence-electron chi connectivity index (χ1n) is 7.95. The zero-order valence-corrected chi connectivity index (χ0v) is 17.6. The number of nitrogens with one attached hydrogen (secondary N) is 2. The summed E-state index contributed by atoms with van der Waals surface area (Å²) in [4.78, 5) is 24.4. The molecule has 0 atom stereocenters. The molecule has 0 radical (unpaired) electrons. The van der Waals surface area contributed by atoms with Crippen molar-refractivity contribution < 1.29 is 9.59 Å². The van der Waals surface area contributed by atoms with E-state index in [0.29, 0.717) is 39.3 Å². The number of carbonyl (C=O) groups excluding carboxylic acids is 2. The van der Waals surface area contributed by atoms with Crippen LogP contribution in [0.3, 0.4) is 0 Å².